The Morgan fingerprint density at radius 1 is 0.565 bits per heavy atom. The van der Waals surface area contributed by atoms with Gasteiger partial charge >= 0.3 is 0 Å². The molecular formula is C44H64O2. The molecule has 252 valence electrons. The average Bonchev–Trinajstić information content (AvgIpc) is 2.95. The van der Waals surface area contributed by atoms with E-state index in [9.17, 15) is 0 Å². The predicted molar refractivity (Wildman–Crippen MR) is 203 cm³/mol. The van der Waals surface area contributed by atoms with Gasteiger partial charge in [-0.15, -0.1) is 0 Å². The van der Waals surface area contributed by atoms with E-state index in [0.717, 1.165) is 11.5 Å². The molecule has 0 aromatic carbocycles. The maximum atomic E-state index is 5.93. The quantitative estimate of drug-likeness (QED) is 0.141. The minimum atomic E-state index is 0.274. The van der Waals surface area contributed by atoms with Crippen LogP contribution >= 0.6 is 0 Å². The van der Waals surface area contributed by atoms with Crippen molar-refractivity contribution in [3.8, 4) is 0 Å². The Labute approximate surface area is 283 Å². The van der Waals surface area contributed by atoms with Crippen LogP contribution in [0.2, 0.25) is 0 Å². The van der Waals surface area contributed by atoms with E-state index in [-0.39, 0.29) is 10.8 Å². The zero-order valence-electron chi connectivity index (χ0n) is 31.4. The highest BCUT2D eigenvalue weighted by Crippen LogP contribution is 2.41. The molecule has 2 aliphatic rings. The van der Waals surface area contributed by atoms with Crippen molar-refractivity contribution < 1.29 is 9.47 Å². The zero-order valence-corrected chi connectivity index (χ0v) is 31.4. The molecule has 2 aliphatic carbocycles. The highest BCUT2D eigenvalue weighted by Gasteiger charge is 2.27. The lowest BCUT2D eigenvalue weighted by molar-refractivity contribution is 0.185. The molecule has 0 aromatic rings. The Hall–Kier alpha value is -3.26. The normalized spacial score (nSPS) is 21.0. The molecule has 0 unspecified atom stereocenters. The summed E-state index contributed by atoms with van der Waals surface area (Å²) in [4.78, 5) is 0. The molecule has 0 aliphatic heterocycles. The lowest BCUT2D eigenvalue weighted by Crippen LogP contribution is -2.19. The van der Waals surface area contributed by atoms with Crippen LogP contribution in [0.3, 0.4) is 0 Å². The van der Waals surface area contributed by atoms with E-state index in [4.69, 9.17) is 9.47 Å². The predicted octanol–water partition coefficient (Wildman–Crippen LogP) is 13.3. The topological polar surface area (TPSA) is 18.5 Å². The summed E-state index contributed by atoms with van der Waals surface area (Å²) in [5.41, 5.74) is 11.5. The molecule has 0 bridgehead atoms. The first kappa shape index (κ1) is 38.9. The fraction of sp³-hybridized carbons (Fsp3) is 0.500. The number of allylic oxidation sites excluding steroid dienone is 20. The summed E-state index contributed by atoms with van der Waals surface area (Å²) in [6, 6.07) is 0. The van der Waals surface area contributed by atoms with Crippen LogP contribution in [0.5, 0.6) is 0 Å². The first-order valence-corrected chi connectivity index (χ1v) is 17.4. The van der Waals surface area contributed by atoms with Crippen LogP contribution in [-0.4, -0.2) is 13.2 Å². The second-order valence-corrected chi connectivity index (χ2v) is 14.7. The van der Waals surface area contributed by atoms with Gasteiger partial charge in [-0.2, -0.15) is 0 Å². The van der Waals surface area contributed by atoms with Crippen molar-refractivity contribution in [1.82, 2.24) is 0 Å². The van der Waals surface area contributed by atoms with Gasteiger partial charge in [-0.3, -0.25) is 0 Å². The summed E-state index contributed by atoms with van der Waals surface area (Å²) >= 11 is 0. The molecular weight excluding hydrogens is 560 g/mol. The Bertz CT molecular complexity index is 1280. The second kappa shape index (κ2) is 18.8. The van der Waals surface area contributed by atoms with E-state index < -0.39 is 0 Å². The van der Waals surface area contributed by atoms with Crippen molar-refractivity contribution in [2.45, 2.75) is 122 Å². The molecule has 46 heavy (non-hydrogen) atoms. The zero-order chi connectivity index (χ0) is 34.3. The Kier molecular flexibility index (Phi) is 15.9. The summed E-state index contributed by atoms with van der Waals surface area (Å²) in [5, 5.41) is 0. The van der Waals surface area contributed by atoms with Gasteiger partial charge in [0.2, 0.25) is 0 Å². The highest BCUT2D eigenvalue weighted by atomic mass is 16.5. The molecule has 0 heterocycles. The molecule has 0 radical (unpaired) electrons. The molecule has 0 saturated heterocycles. The summed E-state index contributed by atoms with van der Waals surface area (Å²) < 4.78 is 11.9. The largest absolute Gasteiger partial charge is 0.491 e. The van der Waals surface area contributed by atoms with Gasteiger partial charge in [-0.25, -0.2) is 0 Å². The lowest BCUT2D eigenvalue weighted by Gasteiger charge is -2.33. The monoisotopic (exact) mass is 624 g/mol. The van der Waals surface area contributed by atoms with E-state index in [1.54, 1.807) is 0 Å². The maximum Gasteiger partial charge on any atom is 0.131 e. The van der Waals surface area contributed by atoms with Gasteiger partial charge < -0.3 is 9.47 Å². The van der Waals surface area contributed by atoms with Gasteiger partial charge in [0, 0.05) is 0 Å². The van der Waals surface area contributed by atoms with Crippen LogP contribution in [0.1, 0.15) is 122 Å². The van der Waals surface area contributed by atoms with E-state index in [2.05, 4.69) is 142 Å². The van der Waals surface area contributed by atoms with Crippen LogP contribution < -0.4 is 0 Å². The van der Waals surface area contributed by atoms with E-state index >= 15 is 0 Å². The van der Waals surface area contributed by atoms with E-state index in [0.29, 0.717) is 13.2 Å². The van der Waals surface area contributed by atoms with Gasteiger partial charge in [0.1, 0.15) is 24.7 Å². The summed E-state index contributed by atoms with van der Waals surface area (Å²) in [6.45, 7) is 27.5. The maximum absolute atomic E-state index is 5.93. The fourth-order valence-electron chi connectivity index (χ4n) is 6.20. The summed E-state index contributed by atoms with van der Waals surface area (Å²) in [5.74, 6) is 1.62. The minimum absolute atomic E-state index is 0.274. The van der Waals surface area contributed by atoms with Crippen LogP contribution in [0, 0.1) is 10.8 Å². The van der Waals surface area contributed by atoms with Gasteiger partial charge in [-0.05, 0) is 128 Å². The molecule has 2 nitrogen and oxygen atoms in total. The average molecular weight is 625 g/mol. The summed E-state index contributed by atoms with van der Waals surface area (Å²) in [6.07, 6.45) is 33.7. The van der Waals surface area contributed by atoms with Gasteiger partial charge in [0.05, 0.1) is 0 Å². The third-order valence-corrected chi connectivity index (χ3v) is 9.45. The van der Waals surface area contributed by atoms with E-state index in [1.807, 2.05) is 13.8 Å². The van der Waals surface area contributed by atoms with Crippen molar-refractivity contribution >= 4 is 0 Å². The third kappa shape index (κ3) is 13.6. The molecule has 0 N–H and O–H groups in total. The number of hydrogen-bond acceptors (Lipinski definition) is 2. The highest BCUT2D eigenvalue weighted by molar-refractivity contribution is 5.38. The Balaban J connectivity index is 1.80. The molecule has 2 heteroatoms. The van der Waals surface area contributed by atoms with Crippen LogP contribution in [0.25, 0.3) is 0 Å². The van der Waals surface area contributed by atoms with Crippen molar-refractivity contribution in [1.29, 1.82) is 0 Å². The van der Waals surface area contributed by atoms with Crippen molar-refractivity contribution in [2.24, 2.45) is 10.8 Å². The number of ether oxygens (including phenoxy) is 2. The third-order valence-electron chi connectivity index (χ3n) is 9.45. The van der Waals surface area contributed by atoms with Crippen molar-refractivity contribution in [3.05, 3.63) is 129 Å². The van der Waals surface area contributed by atoms with Gasteiger partial charge in [0.25, 0.3) is 0 Å². The van der Waals surface area contributed by atoms with Crippen molar-refractivity contribution in [2.75, 3.05) is 13.2 Å². The van der Waals surface area contributed by atoms with Crippen LogP contribution in [-0.2, 0) is 9.47 Å². The first-order valence-electron chi connectivity index (χ1n) is 17.4. The second-order valence-electron chi connectivity index (χ2n) is 14.7. The molecule has 0 atom stereocenters. The van der Waals surface area contributed by atoms with Crippen LogP contribution in [0.4, 0.5) is 0 Å². The molecule has 2 rings (SSSR count). The fourth-order valence-corrected chi connectivity index (χ4v) is 6.20. The first-order chi connectivity index (χ1) is 21.6. The van der Waals surface area contributed by atoms with Gasteiger partial charge in [0.15, 0.2) is 0 Å². The lowest BCUT2D eigenvalue weighted by atomic mass is 9.72. The molecule has 0 spiro atoms. The summed E-state index contributed by atoms with van der Waals surface area (Å²) in [7, 11) is 0. The molecule has 0 fully saturated rings. The molecule has 0 amide bonds. The number of rotatable bonds is 14. The molecule has 0 aromatic heterocycles. The van der Waals surface area contributed by atoms with Crippen LogP contribution in [0.15, 0.2) is 129 Å². The van der Waals surface area contributed by atoms with Crippen molar-refractivity contribution in [3.63, 3.8) is 0 Å². The SMILES string of the molecule is CC1=C(/C=C/C(C)=C/C=C/C(C)=C/CO/C(C)=C(/C)OC/C=C(C)/C=C/C=C(C)/C=C/C2=C(C)CCCC2(C)C)C(C)(C)CCC1. The Morgan fingerprint density at radius 2 is 0.935 bits per heavy atom. The van der Waals surface area contributed by atoms with Gasteiger partial charge in [-0.1, -0.05) is 122 Å². The minimum Gasteiger partial charge on any atom is -0.491 e. The standard InChI is InChI=1S/C44H64O2/c1-33(23-25-41-37(5)21-15-29-43(41,9)10)17-13-19-35(3)27-31-45-39(7)40(8)46-32-28-36(4)20-14-18-34(2)24-26-42-38(6)22-16-30-44(42,11)12/h13-14,17-20,23-28H,15-16,21-22,29-32H2,1-12H3/b19-13+,20-14+,25-23+,26-24+,33-17+,34-18+,35-27+,36-28+,40-39-. The number of hydrogen-bond donors (Lipinski definition) is 0. The molecule has 0 saturated carbocycles. The van der Waals surface area contributed by atoms with E-state index in [1.165, 1.54) is 83.1 Å². The smallest absolute Gasteiger partial charge is 0.131 e. The Morgan fingerprint density at radius 3 is 1.28 bits per heavy atom.